The number of fused-ring (bicyclic) bond motifs is 2. The van der Waals surface area contributed by atoms with Gasteiger partial charge in [0, 0.05) is 22.0 Å². The third-order valence-electron chi connectivity index (χ3n) is 3.82. The minimum atomic E-state index is -1.03. The Balaban J connectivity index is 1.98. The topological polar surface area (TPSA) is 68.7 Å². The van der Waals surface area contributed by atoms with Crippen molar-refractivity contribution in [2.45, 2.75) is 0 Å². The molecule has 0 saturated heterocycles. The highest BCUT2D eigenvalue weighted by atomic mass is 35.5. The van der Waals surface area contributed by atoms with Crippen molar-refractivity contribution in [2.24, 2.45) is 0 Å². The van der Waals surface area contributed by atoms with Gasteiger partial charge in [0.15, 0.2) is 11.5 Å². The maximum atomic E-state index is 11.7. The van der Waals surface area contributed by atoms with Crippen molar-refractivity contribution in [3.8, 4) is 22.8 Å². The average molecular weight is 342 g/mol. The zero-order valence-electron chi connectivity index (χ0n) is 12.5. The zero-order valence-corrected chi connectivity index (χ0v) is 13.2. The maximum Gasteiger partial charge on any atom is 0.336 e. The summed E-state index contributed by atoms with van der Waals surface area (Å²) in [4.78, 5) is 16.3. The van der Waals surface area contributed by atoms with Crippen LogP contribution in [0.4, 0.5) is 0 Å². The third-order valence-corrected chi connectivity index (χ3v) is 4.06. The van der Waals surface area contributed by atoms with Crippen LogP contribution in [0.25, 0.3) is 22.2 Å². The number of carboxylic acid groups (broad SMARTS) is 1. The van der Waals surface area contributed by atoms with E-state index in [4.69, 9.17) is 21.1 Å². The molecule has 0 saturated carbocycles. The predicted octanol–water partition coefficient (Wildman–Crippen LogP) is 4.02. The predicted molar refractivity (Wildman–Crippen MR) is 90.1 cm³/mol. The van der Waals surface area contributed by atoms with E-state index in [1.54, 1.807) is 36.4 Å². The number of nitrogens with zero attached hydrogens (tertiary/aromatic N) is 1. The molecule has 24 heavy (non-hydrogen) atoms. The second-order valence-electron chi connectivity index (χ2n) is 5.38. The first-order chi connectivity index (χ1) is 11.6. The van der Waals surface area contributed by atoms with Crippen LogP contribution >= 0.6 is 11.6 Å². The van der Waals surface area contributed by atoms with Gasteiger partial charge < -0.3 is 14.6 Å². The van der Waals surface area contributed by atoms with Gasteiger partial charge in [-0.05, 0) is 24.3 Å². The van der Waals surface area contributed by atoms with Crippen LogP contribution in [0.5, 0.6) is 11.5 Å². The van der Waals surface area contributed by atoms with Crippen LogP contribution in [-0.2, 0) is 0 Å². The molecule has 1 N–H and O–H groups in total. The quantitative estimate of drug-likeness (QED) is 0.762. The molecule has 0 fully saturated rings. The maximum absolute atomic E-state index is 11.7. The van der Waals surface area contributed by atoms with Gasteiger partial charge in [-0.3, -0.25) is 0 Å². The van der Waals surface area contributed by atoms with Crippen molar-refractivity contribution in [2.75, 3.05) is 13.2 Å². The number of hydrogen-bond acceptors (Lipinski definition) is 4. The molecule has 1 aliphatic rings. The highest BCUT2D eigenvalue weighted by molar-refractivity contribution is 6.30. The van der Waals surface area contributed by atoms with E-state index in [9.17, 15) is 9.90 Å². The molecule has 0 unspecified atom stereocenters. The lowest BCUT2D eigenvalue weighted by Gasteiger charge is -2.19. The fourth-order valence-corrected chi connectivity index (χ4v) is 2.93. The van der Waals surface area contributed by atoms with Crippen LogP contribution in [0.2, 0.25) is 5.02 Å². The summed E-state index contributed by atoms with van der Waals surface area (Å²) < 4.78 is 11.1. The van der Waals surface area contributed by atoms with E-state index in [1.807, 2.05) is 6.07 Å². The zero-order chi connectivity index (χ0) is 16.7. The molecule has 0 atom stereocenters. The van der Waals surface area contributed by atoms with Gasteiger partial charge in [-0.2, -0.15) is 0 Å². The summed E-state index contributed by atoms with van der Waals surface area (Å²) in [6.07, 6.45) is 0. The van der Waals surface area contributed by atoms with Crippen LogP contribution in [0, 0.1) is 0 Å². The van der Waals surface area contributed by atoms with Crippen molar-refractivity contribution < 1.29 is 19.4 Å². The Morgan fingerprint density at radius 1 is 1.08 bits per heavy atom. The standard InChI is InChI=1S/C18H12ClNO4/c19-11-3-1-2-10(6-11)14-7-13(18(21)22)12-8-16-17(9-15(12)20-14)24-5-4-23-16/h1-3,6-9H,4-5H2,(H,21,22). The Labute approximate surface area is 142 Å². The van der Waals surface area contributed by atoms with Crippen LogP contribution in [0.15, 0.2) is 42.5 Å². The summed E-state index contributed by atoms with van der Waals surface area (Å²) in [6, 6.07) is 12.1. The van der Waals surface area contributed by atoms with E-state index < -0.39 is 5.97 Å². The smallest absolute Gasteiger partial charge is 0.336 e. The van der Waals surface area contributed by atoms with E-state index in [0.717, 1.165) is 5.56 Å². The highest BCUT2D eigenvalue weighted by Crippen LogP contribution is 2.36. The Morgan fingerprint density at radius 2 is 1.83 bits per heavy atom. The number of benzene rings is 2. The van der Waals surface area contributed by atoms with Gasteiger partial charge in [-0.1, -0.05) is 23.7 Å². The monoisotopic (exact) mass is 341 g/mol. The van der Waals surface area contributed by atoms with E-state index in [-0.39, 0.29) is 5.56 Å². The summed E-state index contributed by atoms with van der Waals surface area (Å²) in [5.74, 6) is 0.0803. The molecular weight excluding hydrogens is 330 g/mol. The summed E-state index contributed by atoms with van der Waals surface area (Å²) in [6.45, 7) is 0.896. The molecule has 2 aromatic carbocycles. The van der Waals surface area contributed by atoms with Gasteiger partial charge in [0.2, 0.25) is 0 Å². The minimum Gasteiger partial charge on any atom is -0.486 e. The van der Waals surface area contributed by atoms with Crippen LogP contribution < -0.4 is 9.47 Å². The highest BCUT2D eigenvalue weighted by Gasteiger charge is 2.19. The SMILES string of the molecule is O=C(O)c1cc(-c2cccc(Cl)c2)nc2cc3c(cc12)OCCO3. The molecule has 6 heteroatoms. The molecule has 0 radical (unpaired) electrons. The normalized spacial score (nSPS) is 13.0. The van der Waals surface area contributed by atoms with E-state index in [2.05, 4.69) is 4.98 Å². The fourth-order valence-electron chi connectivity index (χ4n) is 2.74. The molecule has 0 aliphatic carbocycles. The van der Waals surface area contributed by atoms with Crippen molar-refractivity contribution in [1.82, 2.24) is 4.98 Å². The van der Waals surface area contributed by atoms with Gasteiger partial charge in [0.25, 0.3) is 0 Å². The molecule has 0 spiro atoms. The first-order valence-corrected chi connectivity index (χ1v) is 7.73. The lowest BCUT2D eigenvalue weighted by atomic mass is 10.0. The minimum absolute atomic E-state index is 0.159. The van der Waals surface area contributed by atoms with Gasteiger partial charge in [0.1, 0.15) is 13.2 Å². The largest absolute Gasteiger partial charge is 0.486 e. The number of aromatic nitrogens is 1. The van der Waals surface area contributed by atoms with Crippen molar-refractivity contribution >= 4 is 28.5 Å². The Morgan fingerprint density at radius 3 is 2.54 bits per heavy atom. The summed E-state index contributed by atoms with van der Waals surface area (Å²) in [7, 11) is 0. The van der Waals surface area contributed by atoms with E-state index >= 15 is 0 Å². The average Bonchev–Trinajstić information content (AvgIpc) is 2.58. The Kier molecular flexibility index (Phi) is 3.50. The lowest BCUT2D eigenvalue weighted by Crippen LogP contribution is -2.15. The lowest BCUT2D eigenvalue weighted by molar-refractivity contribution is 0.0699. The third kappa shape index (κ3) is 2.53. The number of ether oxygens (including phenoxy) is 2. The fraction of sp³-hybridized carbons (Fsp3) is 0.111. The molecule has 120 valence electrons. The van der Waals surface area contributed by atoms with Gasteiger partial charge in [-0.15, -0.1) is 0 Å². The van der Waals surface area contributed by atoms with E-state index in [0.29, 0.717) is 46.3 Å². The molecule has 4 rings (SSSR count). The first kappa shape index (κ1) is 14.8. The van der Waals surface area contributed by atoms with E-state index in [1.165, 1.54) is 0 Å². The summed E-state index contributed by atoms with van der Waals surface area (Å²) in [5, 5.41) is 10.7. The number of hydrogen-bond donors (Lipinski definition) is 1. The molecule has 3 aromatic rings. The number of halogens is 1. The number of carboxylic acids is 1. The van der Waals surface area contributed by atoms with Crippen LogP contribution in [0.3, 0.4) is 0 Å². The molecule has 5 nitrogen and oxygen atoms in total. The van der Waals surface area contributed by atoms with Crippen molar-refractivity contribution in [3.63, 3.8) is 0 Å². The van der Waals surface area contributed by atoms with Crippen molar-refractivity contribution in [1.29, 1.82) is 0 Å². The van der Waals surface area contributed by atoms with Gasteiger partial charge in [-0.25, -0.2) is 9.78 Å². The molecule has 1 aliphatic heterocycles. The number of aromatic carboxylic acids is 1. The van der Waals surface area contributed by atoms with Crippen LogP contribution in [-0.4, -0.2) is 29.3 Å². The van der Waals surface area contributed by atoms with Crippen LogP contribution in [0.1, 0.15) is 10.4 Å². The van der Waals surface area contributed by atoms with Gasteiger partial charge >= 0.3 is 5.97 Å². The van der Waals surface area contributed by atoms with Crippen molar-refractivity contribution in [3.05, 3.63) is 53.1 Å². The van der Waals surface area contributed by atoms with Gasteiger partial charge in [0.05, 0.1) is 16.8 Å². The second kappa shape index (κ2) is 5.69. The number of pyridine rings is 1. The Bertz CT molecular complexity index is 971. The first-order valence-electron chi connectivity index (χ1n) is 7.35. The molecular formula is C18H12ClNO4. The molecule has 2 heterocycles. The molecule has 0 bridgehead atoms. The molecule has 0 amide bonds. The summed E-state index contributed by atoms with van der Waals surface area (Å²) in [5.41, 5.74) is 1.99. The number of carbonyl (C=O) groups is 1. The summed E-state index contributed by atoms with van der Waals surface area (Å²) >= 11 is 6.03. The Hall–Kier alpha value is -2.79. The second-order valence-corrected chi connectivity index (χ2v) is 5.82. The number of rotatable bonds is 2. The molecule has 1 aromatic heterocycles.